The number of aromatic nitrogens is 1. The second-order valence-electron chi connectivity index (χ2n) is 6.36. The number of nitro groups is 1. The van der Waals surface area contributed by atoms with Gasteiger partial charge in [-0.15, -0.1) is 0 Å². The SMILES string of the molecule is O=C(Oc1ccc([N+](=O)[O-])cc1)c1cc(-c2ccc(Br)cc2)nc2ccc(Br)cc12. The van der Waals surface area contributed by atoms with E-state index in [0.29, 0.717) is 22.2 Å². The summed E-state index contributed by atoms with van der Waals surface area (Å²) in [6, 6.07) is 20.1. The fourth-order valence-electron chi connectivity index (χ4n) is 2.93. The number of rotatable bonds is 4. The Morgan fingerprint density at radius 1 is 0.900 bits per heavy atom. The number of halogens is 2. The molecule has 0 saturated heterocycles. The van der Waals surface area contributed by atoms with E-state index in [9.17, 15) is 14.9 Å². The molecule has 0 bridgehead atoms. The molecule has 0 saturated carbocycles. The van der Waals surface area contributed by atoms with Crippen molar-refractivity contribution in [3.63, 3.8) is 0 Å². The summed E-state index contributed by atoms with van der Waals surface area (Å²) >= 11 is 6.84. The van der Waals surface area contributed by atoms with Crippen molar-refractivity contribution >= 4 is 54.4 Å². The molecule has 0 N–H and O–H groups in total. The first-order valence-corrected chi connectivity index (χ1v) is 10.3. The Morgan fingerprint density at radius 3 is 2.23 bits per heavy atom. The maximum Gasteiger partial charge on any atom is 0.344 e. The lowest BCUT2D eigenvalue weighted by Gasteiger charge is -2.10. The molecule has 0 aliphatic rings. The lowest BCUT2D eigenvalue weighted by atomic mass is 10.0. The van der Waals surface area contributed by atoms with Gasteiger partial charge < -0.3 is 4.74 Å². The Labute approximate surface area is 187 Å². The van der Waals surface area contributed by atoms with Gasteiger partial charge in [-0.3, -0.25) is 10.1 Å². The van der Waals surface area contributed by atoms with E-state index < -0.39 is 10.9 Å². The first-order chi connectivity index (χ1) is 14.4. The summed E-state index contributed by atoms with van der Waals surface area (Å²) in [6.07, 6.45) is 0. The summed E-state index contributed by atoms with van der Waals surface area (Å²) in [5, 5.41) is 11.4. The Hall–Kier alpha value is -3.10. The molecular weight excluding hydrogens is 516 g/mol. The van der Waals surface area contributed by atoms with Gasteiger partial charge in [0.05, 0.1) is 21.7 Å². The number of benzene rings is 3. The van der Waals surface area contributed by atoms with Crippen molar-refractivity contribution in [2.75, 3.05) is 0 Å². The van der Waals surface area contributed by atoms with E-state index in [-0.39, 0.29) is 11.4 Å². The highest BCUT2D eigenvalue weighted by atomic mass is 79.9. The van der Waals surface area contributed by atoms with Gasteiger partial charge in [0.1, 0.15) is 5.75 Å². The Morgan fingerprint density at radius 2 is 1.57 bits per heavy atom. The molecular formula is C22H12Br2N2O4. The molecule has 30 heavy (non-hydrogen) atoms. The third-order valence-corrected chi connectivity index (χ3v) is 5.41. The monoisotopic (exact) mass is 526 g/mol. The van der Waals surface area contributed by atoms with Gasteiger partial charge in [0.25, 0.3) is 5.69 Å². The fraction of sp³-hybridized carbons (Fsp3) is 0. The molecule has 0 aliphatic carbocycles. The van der Waals surface area contributed by atoms with E-state index in [1.807, 2.05) is 36.4 Å². The Balaban J connectivity index is 1.77. The topological polar surface area (TPSA) is 82.3 Å². The molecule has 4 aromatic rings. The number of ether oxygens (including phenoxy) is 1. The van der Waals surface area contributed by atoms with Gasteiger partial charge >= 0.3 is 5.97 Å². The van der Waals surface area contributed by atoms with E-state index in [2.05, 4.69) is 36.8 Å². The number of carbonyl (C=O) groups is 1. The van der Waals surface area contributed by atoms with Gasteiger partial charge in [-0.1, -0.05) is 44.0 Å². The van der Waals surface area contributed by atoms with Crippen molar-refractivity contribution in [1.82, 2.24) is 4.98 Å². The minimum absolute atomic E-state index is 0.0781. The minimum Gasteiger partial charge on any atom is -0.423 e. The maximum atomic E-state index is 13.0. The lowest BCUT2D eigenvalue weighted by molar-refractivity contribution is -0.384. The highest BCUT2D eigenvalue weighted by Gasteiger charge is 2.17. The average Bonchev–Trinajstić information content (AvgIpc) is 2.74. The number of hydrogen-bond donors (Lipinski definition) is 0. The molecule has 0 spiro atoms. The molecule has 0 fully saturated rings. The summed E-state index contributed by atoms with van der Waals surface area (Å²) < 4.78 is 7.22. The van der Waals surface area contributed by atoms with E-state index >= 15 is 0 Å². The largest absolute Gasteiger partial charge is 0.423 e. The van der Waals surface area contributed by atoms with Crippen LogP contribution in [0.4, 0.5) is 5.69 Å². The van der Waals surface area contributed by atoms with E-state index in [0.717, 1.165) is 14.5 Å². The number of nitro benzene ring substituents is 1. The molecule has 1 aromatic heterocycles. The van der Waals surface area contributed by atoms with Crippen molar-refractivity contribution in [2.45, 2.75) is 0 Å². The van der Waals surface area contributed by atoms with Crippen LogP contribution in [0.1, 0.15) is 10.4 Å². The van der Waals surface area contributed by atoms with Crippen LogP contribution in [0.2, 0.25) is 0 Å². The lowest BCUT2D eigenvalue weighted by Crippen LogP contribution is -2.10. The van der Waals surface area contributed by atoms with Gasteiger partial charge in [0, 0.05) is 32.0 Å². The third-order valence-electron chi connectivity index (χ3n) is 4.39. The van der Waals surface area contributed by atoms with E-state index in [1.54, 1.807) is 12.1 Å². The van der Waals surface area contributed by atoms with Gasteiger partial charge in [-0.2, -0.15) is 0 Å². The molecule has 0 amide bonds. The molecule has 0 unspecified atom stereocenters. The Bertz CT molecular complexity index is 1270. The minimum atomic E-state index is -0.576. The Kier molecular flexibility index (Phi) is 5.61. The van der Waals surface area contributed by atoms with Gasteiger partial charge in [-0.05, 0) is 48.5 Å². The first-order valence-electron chi connectivity index (χ1n) is 8.73. The zero-order chi connectivity index (χ0) is 21.3. The van der Waals surface area contributed by atoms with Crippen molar-refractivity contribution in [3.05, 3.63) is 97.4 Å². The number of carbonyl (C=O) groups excluding carboxylic acids is 1. The maximum absolute atomic E-state index is 13.0. The van der Waals surface area contributed by atoms with E-state index in [1.165, 1.54) is 24.3 Å². The summed E-state index contributed by atoms with van der Waals surface area (Å²) in [4.78, 5) is 28.0. The summed E-state index contributed by atoms with van der Waals surface area (Å²) in [5.41, 5.74) is 2.40. The molecule has 6 nitrogen and oxygen atoms in total. The summed E-state index contributed by atoms with van der Waals surface area (Å²) in [7, 11) is 0. The van der Waals surface area contributed by atoms with Crippen LogP contribution in [-0.2, 0) is 0 Å². The van der Waals surface area contributed by atoms with Gasteiger partial charge in [-0.25, -0.2) is 9.78 Å². The smallest absolute Gasteiger partial charge is 0.344 e. The number of non-ortho nitro benzene ring substituents is 1. The number of pyridine rings is 1. The zero-order valence-corrected chi connectivity index (χ0v) is 18.4. The highest BCUT2D eigenvalue weighted by Crippen LogP contribution is 2.29. The molecule has 1 heterocycles. The molecule has 0 aliphatic heterocycles. The normalized spacial score (nSPS) is 10.7. The average molecular weight is 528 g/mol. The van der Waals surface area contributed by atoms with Crippen LogP contribution in [0.25, 0.3) is 22.2 Å². The van der Waals surface area contributed by atoms with Crippen molar-refractivity contribution in [2.24, 2.45) is 0 Å². The van der Waals surface area contributed by atoms with Crippen LogP contribution >= 0.6 is 31.9 Å². The van der Waals surface area contributed by atoms with E-state index in [4.69, 9.17) is 4.74 Å². The molecule has 4 rings (SSSR count). The molecule has 148 valence electrons. The van der Waals surface area contributed by atoms with Crippen molar-refractivity contribution < 1.29 is 14.5 Å². The van der Waals surface area contributed by atoms with Crippen LogP contribution in [0.5, 0.6) is 5.75 Å². The third kappa shape index (κ3) is 4.24. The standard InChI is InChI=1S/C22H12Br2N2O4/c23-14-3-1-13(2-4-14)21-12-19(18-11-15(24)5-10-20(18)25-21)22(27)30-17-8-6-16(7-9-17)26(28)29/h1-12H. The van der Waals surface area contributed by atoms with Crippen molar-refractivity contribution in [3.8, 4) is 17.0 Å². The van der Waals surface area contributed by atoms with Crippen LogP contribution in [0, 0.1) is 10.1 Å². The molecule has 0 radical (unpaired) electrons. The number of esters is 1. The molecule has 0 atom stereocenters. The predicted octanol–water partition coefficient (Wildman–Crippen LogP) is 6.55. The number of hydrogen-bond acceptors (Lipinski definition) is 5. The molecule has 3 aromatic carbocycles. The second-order valence-corrected chi connectivity index (χ2v) is 8.20. The number of nitrogens with zero attached hydrogens (tertiary/aromatic N) is 2. The second kappa shape index (κ2) is 8.33. The predicted molar refractivity (Wildman–Crippen MR) is 121 cm³/mol. The first kappa shape index (κ1) is 20.2. The summed E-state index contributed by atoms with van der Waals surface area (Å²) in [6.45, 7) is 0. The fourth-order valence-corrected chi connectivity index (χ4v) is 3.56. The zero-order valence-electron chi connectivity index (χ0n) is 15.2. The number of fused-ring (bicyclic) bond motifs is 1. The molecule has 8 heteroatoms. The van der Waals surface area contributed by atoms with Gasteiger partial charge in [0.2, 0.25) is 0 Å². The van der Waals surface area contributed by atoms with Crippen LogP contribution in [0.3, 0.4) is 0 Å². The highest BCUT2D eigenvalue weighted by molar-refractivity contribution is 9.10. The van der Waals surface area contributed by atoms with Crippen LogP contribution in [-0.4, -0.2) is 15.9 Å². The summed E-state index contributed by atoms with van der Waals surface area (Å²) in [5.74, 6) is -0.358. The van der Waals surface area contributed by atoms with Crippen molar-refractivity contribution in [1.29, 1.82) is 0 Å². The van der Waals surface area contributed by atoms with Crippen LogP contribution < -0.4 is 4.74 Å². The van der Waals surface area contributed by atoms with Gasteiger partial charge in [0.15, 0.2) is 0 Å². The van der Waals surface area contributed by atoms with Crippen LogP contribution in [0.15, 0.2) is 81.7 Å². The quantitative estimate of drug-likeness (QED) is 0.130.